The number of hydrogen-bond acceptors (Lipinski definition) is 5. The highest BCUT2D eigenvalue weighted by atomic mass is 15.2. The normalized spacial score (nSPS) is 26.1. The summed E-state index contributed by atoms with van der Waals surface area (Å²) in [7, 11) is 0. The summed E-state index contributed by atoms with van der Waals surface area (Å²) in [5.74, 6) is 1.05. The predicted octanol–water partition coefficient (Wildman–Crippen LogP) is 2.28. The second-order valence-corrected chi connectivity index (χ2v) is 5.88. The molecule has 0 spiro atoms. The number of rotatable bonds is 3. The van der Waals surface area contributed by atoms with Gasteiger partial charge in [0, 0.05) is 6.54 Å². The monoisotopic (exact) mass is 273 g/mol. The number of aryl methyl sites for hydroxylation is 1. The molecule has 0 bridgehead atoms. The molecule has 0 saturated heterocycles. The summed E-state index contributed by atoms with van der Waals surface area (Å²) in [4.78, 5) is 0. The van der Waals surface area contributed by atoms with Crippen LogP contribution >= 0.6 is 0 Å². The van der Waals surface area contributed by atoms with Crippen molar-refractivity contribution in [2.45, 2.75) is 52.0 Å². The Bertz CT molecular complexity index is 534. The van der Waals surface area contributed by atoms with Crippen LogP contribution in [0.2, 0.25) is 0 Å². The number of nitrogens with two attached hydrogens (primary N) is 1. The first-order valence-electron chi connectivity index (χ1n) is 7.26. The van der Waals surface area contributed by atoms with Crippen LogP contribution in [0, 0.1) is 31.1 Å². The lowest BCUT2D eigenvalue weighted by Gasteiger charge is -2.43. The number of anilines is 1. The Morgan fingerprint density at radius 2 is 2.15 bits per heavy atom. The summed E-state index contributed by atoms with van der Waals surface area (Å²) in [6, 6.07) is 2.24. The lowest BCUT2D eigenvalue weighted by Crippen LogP contribution is -2.52. The molecule has 0 amide bonds. The van der Waals surface area contributed by atoms with Crippen LogP contribution in [-0.4, -0.2) is 22.3 Å². The van der Waals surface area contributed by atoms with E-state index in [-0.39, 0.29) is 5.54 Å². The fourth-order valence-electron chi connectivity index (χ4n) is 3.02. The summed E-state index contributed by atoms with van der Waals surface area (Å²) in [6.07, 6.45) is 4.58. The molecular weight excluding hydrogens is 250 g/mol. The van der Waals surface area contributed by atoms with Gasteiger partial charge in [-0.15, -0.1) is 5.10 Å². The van der Waals surface area contributed by atoms with Crippen molar-refractivity contribution in [2.75, 3.05) is 11.9 Å². The Hall–Kier alpha value is -1.67. The Morgan fingerprint density at radius 3 is 2.75 bits per heavy atom. The van der Waals surface area contributed by atoms with Gasteiger partial charge in [0.1, 0.15) is 11.6 Å². The first kappa shape index (κ1) is 14.7. The number of nitriles is 1. The summed E-state index contributed by atoms with van der Waals surface area (Å²) >= 11 is 0. The van der Waals surface area contributed by atoms with E-state index < -0.39 is 0 Å². The molecule has 5 nitrogen and oxygen atoms in total. The molecule has 0 aromatic carbocycles. The predicted molar refractivity (Wildman–Crippen MR) is 79.3 cm³/mol. The molecule has 1 heterocycles. The topological polar surface area (TPSA) is 87.6 Å². The van der Waals surface area contributed by atoms with Crippen LogP contribution in [-0.2, 0) is 0 Å². The van der Waals surface area contributed by atoms with E-state index in [1.165, 1.54) is 6.42 Å². The third kappa shape index (κ3) is 2.48. The molecule has 20 heavy (non-hydrogen) atoms. The Labute approximate surface area is 120 Å². The SMILES string of the molecule is Cc1nnc(NC2(CN)CCCCC2C)c(C#N)c1C. The van der Waals surface area contributed by atoms with Crippen molar-refractivity contribution >= 4 is 5.82 Å². The lowest BCUT2D eigenvalue weighted by atomic mass is 9.73. The first-order chi connectivity index (χ1) is 9.54. The Balaban J connectivity index is 2.38. The lowest BCUT2D eigenvalue weighted by molar-refractivity contribution is 0.235. The fraction of sp³-hybridized carbons (Fsp3) is 0.667. The average molecular weight is 273 g/mol. The van der Waals surface area contributed by atoms with Crippen LogP contribution in [0.15, 0.2) is 0 Å². The second-order valence-electron chi connectivity index (χ2n) is 5.88. The second kappa shape index (κ2) is 5.76. The summed E-state index contributed by atoms with van der Waals surface area (Å²) in [6.45, 7) is 6.55. The summed E-state index contributed by atoms with van der Waals surface area (Å²) in [5, 5.41) is 21.2. The van der Waals surface area contributed by atoms with Crippen LogP contribution in [0.1, 0.15) is 49.4 Å². The van der Waals surface area contributed by atoms with E-state index in [1.54, 1.807) is 0 Å². The van der Waals surface area contributed by atoms with Crippen molar-refractivity contribution in [3.05, 3.63) is 16.8 Å². The molecule has 1 aromatic heterocycles. The quantitative estimate of drug-likeness (QED) is 0.882. The molecule has 1 aromatic rings. The van der Waals surface area contributed by atoms with E-state index in [1.807, 2.05) is 13.8 Å². The van der Waals surface area contributed by atoms with Gasteiger partial charge in [-0.1, -0.05) is 19.8 Å². The minimum Gasteiger partial charge on any atom is -0.360 e. The van der Waals surface area contributed by atoms with Crippen LogP contribution in [0.3, 0.4) is 0 Å². The minimum atomic E-state index is -0.166. The van der Waals surface area contributed by atoms with E-state index in [0.717, 1.165) is 30.5 Å². The van der Waals surface area contributed by atoms with Crippen LogP contribution < -0.4 is 11.1 Å². The largest absolute Gasteiger partial charge is 0.360 e. The third-order valence-electron chi connectivity index (χ3n) is 4.75. The van der Waals surface area contributed by atoms with Gasteiger partial charge in [-0.25, -0.2) is 0 Å². The van der Waals surface area contributed by atoms with E-state index in [9.17, 15) is 5.26 Å². The molecule has 108 valence electrons. The molecule has 3 N–H and O–H groups in total. The van der Waals surface area contributed by atoms with Gasteiger partial charge in [0.2, 0.25) is 0 Å². The average Bonchev–Trinajstić information content (AvgIpc) is 2.46. The fourth-order valence-corrected chi connectivity index (χ4v) is 3.02. The highest BCUT2D eigenvalue weighted by Gasteiger charge is 2.38. The highest BCUT2D eigenvalue weighted by Crippen LogP contribution is 2.36. The minimum absolute atomic E-state index is 0.166. The molecule has 0 radical (unpaired) electrons. The van der Waals surface area contributed by atoms with E-state index in [2.05, 4.69) is 28.5 Å². The van der Waals surface area contributed by atoms with Crippen molar-refractivity contribution in [1.29, 1.82) is 5.26 Å². The number of nitrogens with one attached hydrogen (secondary N) is 1. The molecule has 1 aliphatic rings. The van der Waals surface area contributed by atoms with Crippen molar-refractivity contribution < 1.29 is 0 Å². The molecule has 1 saturated carbocycles. The first-order valence-corrected chi connectivity index (χ1v) is 7.26. The summed E-state index contributed by atoms with van der Waals surface area (Å²) in [5.41, 5.74) is 8.15. The highest BCUT2D eigenvalue weighted by molar-refractivity contribution is 5.57. The van der Waals surface area contributed by atoms with Gasteiger partial charge in [0.25, 0.3) is 0 Å². The van der Waals surface area contributed by atoms with Crippen molar-refractivity contribution in [3.63, 3.8) is 0 Å². The molecule has 2 unspecified atom stereocenters. The molecule has 0 aliphatic heterocycles. The Kier molecular flexibility index (Phi) is 4.24. The standard InChI is InChI=1S/C15H23N5/c1-10-6-4-5-7-15(10,9-17)18-14-13(8-16)11(2)12(3)19-20-14/h10H,4-7,9,17H2,1-3H3,(H,18,20). The molecule has 1 aliphatic carbocycles. The van der Waals surface area contributed by atoms with Gasteiger partial charge in [0.05, 0.1) is 11.2 Å². The van der Waals surface area contributed by atoms with E-state index in [4.69, 9.17) is 5.73 Å². The Morgan fingerprint density at radius 1 is 1.40 bits per heavy atom. The third-order valence-corrected chi connectivity index (χ3v) is 4.75. The number of aromatic nitrogens is 2. The van der Waals surface area contributed by atoms with Gasteiger partial charge in [0.15, 0.2) is 5.82 Å². The summed E-state index contributed by atoms with van der Waals surface area (Å²) < 4.78 is 0. The maximum atomic E-state index is 9.39. The van der Waals surface area contributed by atoms with Gasteiger partial charge < -0.3 is 11.1 Å². The molecular formula is C15H23N5. The maximum absolute atomic E-state index is 9.39. The van der Waals surface area contributed by atoms with E-state index in [0.29, 0.717) is 23.8 Å². The van der Waals surface area contributed by atoms with Gasteiger partial charge in [-0.3, -0.25) is 0 Å². The van der Waals surface area contributed by atoms with Gasteiger partial charge >= 0.3 is 0 Å². The number of nitrogens with zero attached hydrogens (tertiary/aromatic N) is 3. The van der Waals surface area contributed by atoms with Gasteiger partial charge in [-0.05, 0) is 38.2 Å². The molecule has 1 fully saturated rings. The van der Waals surface area contributed by atoms with Crippen LogP contribution in [0.25, 0.3) is 0 Å². The van der Waals surface area contributed by atoms with Crippen molar-refractivity contribution in [3.8, 4) is 6.07 Å². The maximum Gasteiger partial charge on any atom is 0.167 e. The molecule has 2 atom stereocenters. The van der Waals surface area contributed by atoms with E-state index >= 15 is 0 Å². The zero-order valence-electron chi connectivity index (χ0n) is 12.5. The van der Waals surface area contributed by atoms with Crippen LogP contribution in [0.4, 0.5) is 5.82 Å². The van der Waals surface area contributed by atoms with Crippen molar-refractivity contribution in [2.24, 2.45) is 11.7 Å². The van der Waals surface area contributed by atoms with Gasteiger partial charge in [-0.2, -0.15) is 10.4 Å². The zero-order valence-corrected chi connectivity index (χ0v) is 12.5. The smallest absolute Gasteiger partial charge is 0.167 e. The molecule has 5 heteroatoms. The zero-order chi connectivity index (χ0) is 14.8. The van der Waals surface area contributed by atoms with Crippen LogP contribution in [0.5, 0.6) is 0 Å². The molecule has 2 rings (SSSR count). The number of hydrogen-bond donors (Lipinski definition) is 2. The van der Waals surface area contributed by atoms with Crippen molar-refractivity contribution in [1.82, 2.24) is 10.2 Å².